The van der Waals surface area contributed by atoms with Gasteiger partial charge in [-0.3, -0.25) is 9.69 Å². The molecular formula is C25H36N4O2. The molecule has 31 heavy (non-hydrogen) atoms. The zero-order valence-corrected chi connectivity index (χ0v) is 19.2. The van der Waals surface area contributed by atoms with E-state index in [9.17, 15) is 4.79 Å². The van der Waals surface area contributed by atoms with Crippen LogP contribution in [-0.2, 0) is 11.3 Å². The number of hydrogen-bond acceptors (Lipinski definition) is 5. The predicted molar refractivity (Wildman–Crippen MR) is 120 cm³/mol. The van der Waals surface area contributed by atoms with Gasteiger partial charge in [-0.2, -0.15) is 0 Å². The Balaban J connectivity index is 1.36. The summed E-state index contributed by atoms with van der Waals surface area (Å²) in [4.78, 5) is 17.2. The van der Waals surface area contributed by atoms with E-state index < -0.39 is 0 Å². The van der Waals surface area contributed by atoms with Crippen molar-refractivity contribution in [3.05, 3.63) is 47.2 Å². The highest BCUT2D eigenvalue weighted by atomic mass is 16.4. The Bertz CT molecular complexity index is 870. The lowest BCUT2D eigenvalue weighted by Gasteiger charge is -2.34. The number of rotatable bonds is 6. The second kappa shape index (κ2) is 9.94. The predicted octanol–water partition coefficient (Wildman–Crippen LogP) is 4.86. The smallest absolute Gasteiger partial charge is 0.238 e. The van der Waals surface area contributed by atoms with Gasteiger partial charge in [0.15, 0.2) is 0 Å². The summed E-state index contributed by atoms with van der Waals surface area (Å²) in [5, 5.41) is 8.82. The lowest BCUT2D eigenvalue weighted by Crippen LogP contribution is -2.39. The third-order valence-corrected chi connectivity index (χ3v) is 6.74. The molecule has 0 spiro atoms. The van der Waals surface area contributed by atoms with E-state index in [0.29, 0.717) is 24.1 Å². The lowest BCUT2D eigenvalue weighted by molar-refractivity contribution is -0.136. The summed E-state index contributed by atoms with van der Waals surface area (Å²) in [5.41, 5.74) is 2.76. The number of aromatic nitrogens is 2. The molecule has 2 aliphatic heterocycles. The number of likely N-dealkylation sites (tertiary alicyclic amines) is 2. The molecule has 4 rings (SSSR count). The van der Waals surface area contributed by atoms with Gasteiger partial charge >= 0.3 is 0 Å². The van der Waals surface area contributed by atoms with Crippen LogP contribution in [0.5, 0.6) is 0 Å². The van der Waals surface area contributed by atoms with Gasteiger partial charge in [0.1, 0.15) is 6.04 Å². The van der Waals surface area contributed by atoms with Crippen LogP contribution < -0.4 is 0 Å². The zero-order chi connectivity index (χ0) is 21.8. The molecule has 6 heteroatoms. The van der Waals surface area contributed by atoms with Crippen LogP contribution in [0.15, 0.2) is 28.7 Å². The SMILES string of the molecule is Cc1ccccc1CN1CCC(c2nnc([C@H]3CCCCN3C(=O)CC(C)C)o2)CC1. The van der Waals surface area contributed by atoms with E-state index in [1.165, 1.54) is 11.1 Å². The van der Waals surface area contributed by atoms with Crippen molar-refractivity contribution < 1.29 is 9.21 Å². The van der Waals surface area contributed by atoms with Crippen LogP contribution in [0.2, 0.25) is 0 Å². The molecule has 2 aliphatic rings. The van der Waals surface area contributed by atoms with Crippen molar-refractivity contribution in [2.24, 2.45) is 5.92 Å². The minimum Gasteiger partial charge on any atom is -0.423 e. The Labute approximate surface area is 186 Å². The summed E-state index contributed by atoms with van der Waals surface area (Å²) in [6.07, 6.45) is 5.73. The average molecular weight is 425 g/mol. The van der Waals surface area contributed by atoms with Gasteiger partial charge in [-0.1, -0.05) is 38.1 Å². The molecule has 1 aromatic carbocycles. The molecule has 0 bridgehead atoms. The molecule has 0 N–H and O–H groups in total. The number of aryl methyl sites for hydroxylation is 1. The normalized spacial score (nSPS) is 21.0. The van der Waals surface area contributed by atoms with Gasteiger partial charge in [-0.05, 0) is 69.2 Å². The van der Waals surface area contributed by atoms with E-state index in [0.717, 1.165) is 64.2 Å². The first-order chi connectivity index (χ1) is 15.0. The van der Waals surface area contributed by atoms with Crippen LogP contribution in [0.4, 0.5) is 0 Å². The Hall–Kier alpha value is -2.21. The number of piperidine rings is 2. The van der Waals surface area contributed by atoms with E-state index in [2.05, 4.69) is 60.1 Å². The summed E-state index contributed by atoms with van der Waals surface area (Å²) in [6.45, 7) is 10.2. The quantitative estimate of drug-likeness (QED) is 0.663. The summed E-state index contributed by atoms with van der Waals surface area (Å²) >= 11 is 0. The van der Waals surface area contributed by atoms with Gasteiger partial charge in [0.25, 0.3) is 0 Å². The van der Waals surface area contributed by atoms with Gasteiger partial charge in [-0.25, -0.2) is 0 Å². The van der Waals surface area contributed by atoms with Crippen molar-refractivity contribution in [1.29, 1.82) is 0 Å². The van der Waals surface area contributed by atoms with Crippen molar-refractivity contribution in [3.8, 4) is 0 Å². The Morgan fingerprint density at radius 3 is 2.55 bits per heavy atom. The molecular weight excluding hydrogens is 388 g/mol. The molecule has 1 aromatic heterocycles. The van der Waals surface area contributed by atoms with Crippen LogP contribution in [0.1, 0.15) is 87.2 Å². The van der Waals surface area contributed by atoms with Crippen molar-refractivity contribution in [3.63, 3.8) is 0 Å². The summed E-state index contributed by atoms with van der Waals surface area (Å²) in [7, 11) is 0. The molecule has 2 saturated heterocycles. The van der Waals surface area contributed by atoms with Crippen molar-refractivity contribution in [2.45, 2.75) is 77.8 Å². The molecule has 2 aromatic rings. The van der Waals surface area contributed by atoms with Crippen LogP contribution >= 0.6 is 0 Å². The number of carbonyl (C=O) groups is 1. The van der Waals surface area contributed by atoms with E-state index in [-0.39, 0.29) is 11.9 Å². The summed E-state index contributed by atoms with van der Waals surface area (Å²) in [6, 6.07) is 8.57. The first-order valence-electron chi connectivity index (χ1n) is 11.9. The highest BCUT2D eigenvalue weighted by Crippen LogP contribution is 2.34. The number of benzene rings is 1. The maximum absolute atomic E-state index is 12.7. The summed E-state index contributed by atoms with van der Waals surface area (Å²) in [5.74, 6) is 2.28. The van der Waals surface area contributed by atoms with E-state index in [1.54, 1.807) is 0 Å². The van der Waals surface area contributed by atoms with E-state index >= 15 is 0 Å². The molecule has 0 aliphatic carbocycles. The van der Waals surface area contributed by atoms with Crippen LogP contribution in [0.3, 0.4) is 0 Å². The highest BCUT2D eigenvalue weighted by molar-refractivity contribution is 5.76. The number of nitrogens with zero attached hydrogens (tertiary/aromatic N) is 4. The van der Waals surface area contributed by atoms with Gasteiger partial charge in [-0.15, -0.1) is 10.2 Å². The highest BCUT2D eigenvalue weighted by Gasteiger charge is 2.33. The Morgan fingerprint density at radius 1 is 1.06 bits per heavy atom. The number of carbonyl (C=O) groups excluding carboxylic acids is 1. The van der Waals surface area contributed by atoms with E-state index in [1.807, 2.05) is 4.90 Å². The third-order valence-electron chi connectivity index (χ3n) is 6.74. The fourth-order valence-corrected chi connectivity index (χ4v) is 4.87. The van der Waals surface area contributed by atoms with E-state index in [4.69, 9.17) is 4.42 Å². The monoisotopic (exact) mass is 424 g/mol. The molecule has 3 heterocycles. The first-order valence-corrected chi connectivity index (χ1v) is 11.9. The van der Waals surface area contributed by atoms with Crippen molar-refractivity contribution >= 4 is 5.91 Å². The molecule has 0 unspecified atom stereocenters. The zero-order valence-electron chi connectivity index (χ0n) is 19.2. The molecule has 168 valence electrons. The Kier molecular flexibility index (Phi) is 7.06. The fraction of sp³-hybridized carbons (Fsp3) is 0.640. The first kappa shape index (κ1) is 22.0. The van der Waals surface area contributed by atoms with Crippen LogP contribution in [0, 0.1) is 12.8 Å². The van der Waals surface area contributed by atoms with Crippen LogP contribution in [0.25, 0.3) is 0 Å². The maximum atomic E-state index is 12.7. The van der Waals surface area contributed by atoms with Crippen molar-refractivity contribution in [2.75, 3.05) is 19.6 Å². The van der Waals surface area contributed by atoms with Gasteiger partial charge < -0.3 is 9.32 Å². The molecule has 1 atom stereocenters. The largest absolute Gasteiger partial charge is 0.423 e. The summed E-state index contributed by atoms with van der Waals surface area (Å²) < 4.78 is 6.19. The average Bonchev–Trinajstić information content (AvgIpc) is 3.25. The van der Waals surface area contributed by atoms with Gasteiger partial charge in [0, 0.05) is 25.4 Å². The second-order valence-corrected chi connectivity index (χ2v) is 9.65. The molecule has 6 nitrogen and oxygen atoms in total. The standard InChI is InChI=1S/C25H36N4O2/c1-18(2)16-23(30)29-13-7-6-10-22(29)25-27-26-24(31-25)20-11-14-28(15-12-20)17-21-9-5-4-8-19(21)3/h4-5,8-9,18,20,22H,6-7,10-17H2,1-3H3/t22-/m1/s1. The molecule has 1 amide bonds. The maximum Gasteiger partial charge on any atom is 0.238 e. The molecule has 0 saturated carbocycles. The fourth-order valence-electron chi connectivity index (χ4n) is 4.87. The minimum absolute atomic E-state index is 0.0533. The number of amides is 1. The second-order valence-electron chi connectivity index (χ2n) is 9.65. The molecule has 0 radical (unpaired) electrons. The molecule has 2 fully saturated rings. The van der Waals surface area contributed by atoms with Crippen LogP contribution in [-0.4, -0.2) is 45.5 Å². The van der Waals surface area contributed by atoms with Gasteiger partial charge in [0.05, 0.1) is 0 Å². The third kappa shape index (κ3) is 5.35. The number of hydrogen-bond donors (Lipinski definition) is 0. The topological polar surface area (TPSA) is 62.5 Å². The minimum atomic E-state index is -0.0533. The van der Waals surface area contributed by atoms with Gasteiger partial charge in [0.2, 0.25) is 17.7 Å². The van der Waals surface area contributed by atoms with Crippen molar-refractivity contribution in [1.82, 2.24) is 20.0 Å². The lowest BCUT2D eigenvalue weighted by atomic mass is 9.96. The Morgan fingerprint density at radius 2 is 1.81 bits per heavy atom.